The van der Waals surface area contributed by atoms with E-state index in [4.69, 9.17) is 4.98 Å². The third kappa shape index (κ3) is 5.05. The smallest absolute Gasteiger partial charge is 0.239 e. The predicted octanol–water partition coefficient (Wildman–Crippen LogP) is 2.46. The molecule has 146 valence electrons. The van der Waals surface area contributed by atoms with Crippen LogP contribution in [-0.2, 0) is 9.59 Å². The lowest BCUT2D eigenvalue weighted by Crippen LogP contribution is -2.46. The number of hydrogen-bond acceptors (Lipinski definition) is 5. The van der Waals surface area contributed by atoms with Crippen molar-refractivity contribution in [2.24, 2.45) is 0 Å². The van der Waals surface area contributed by atoms with Gasteiger partial charge in [0.2, 0.25) is 11.8 Å². The van der Waals surface area contributed by atoms with E-state index in [0.29, 0.717) is 25.6 Å². The standard InChI is InChI=1S/C20H28N4O2S/c1-3-21-18(25)13-24(4-2)19(26)14-23-11-7-8-15(12-23)20-22-16-9-5-6-10-17(16)27-20/h5-6,9-10,15H,3-4,7-8,11-14H2,1-2H3,(H,21,25)/t15-/m0/s1. The van der Waals surface area contributed by atoms with Crippen LogP contribution in [0.5, 0.6) is 0 Å². The Kier molecular flexibility index (Phi) is 6.79. The first-order chi connectivity index (χ1) is 13.1. The van der Waals surface area contributed by atoms with Gasteiger partial charge in [0.1, 0.15) is 0 Å². The normalized spacial score (nSPS) is 17.8. The van der Waals surface area contributed by atoms with Crippen molar-refractivity contribution >= 4 is 33.4 Å². The van der Waals surface area contributed by atoms with Crippen LogP contribution in [-0.4, -0.2) is 65.9 Å². The van der Waals surface area contributed by atoms with Gasteiger partial charge in [-0.3, -0.25) is 14.5 Å². The molecule has 1 aliphatic rings. The SMILES string of the molecule is CCNC(=O)CN(CC)C(=O)CN1CCC[C@H](c2nc3ccccc3s2)C1. The van der Waals surface area contributed by atoms with Crippen LogP contribution in [0.4, 0.5) is 0 Å². The first kappa shape index (κ1) is 19.8. The molecule has 1 fully saturated rings. The number of amides is 2. The minimum absolute atomic E-state index is 0.0219. The molecule has 0 aliphatic carbocycles. The van der Waals surface area contributed by atoms with Crippen molar-refractivity contribution in [3.8, 4) is 0 Å². The van der Waals surface area contributed by atoms with E-state index in [2.05, 4.69) is 22.3 Å². The van der Waals surface area contributed by atoms with E-state index in [1.165, 1.54) is 9.71 Å². The number of carbonyl (C=O) groups is 2. The summed E-state index contributed by atoms with van der Waals surface area (Å²) in [5.74, 6) is 0.301. The third-order valence-electron chi connectivity index (χ3n) is 4.97. The number of nitrogens with one attached hydrogen (secondary N) is 1. The molecule has 3 rings (SSSR count). The van der Waals surface area contributed by atoms with Gasteiger partial charge >= 0.3 is 0 Å². The lowest BCUT2D eigenvalue weighted by Gasteiger charge is -2.32. The van der Waals surface area contributed by atoms with Crippen molar-refractivity contribution in [1.82, 2.24) is 20.1 Å². The molecule has 1 N–H and O–H groups in total. The van der Waals surface area contributed by atoms with E-state index in [1.54, 1.807) is 16.2 Å². The summed E-state index contributed by atoms with van der Waals surface area (Å²) in [4.78, 5) is 33.1. The second-order valence-electron chi connectivity index (χ2n) is 6.96. The second kappa shape index (κ2) is 9.28. The first-order valence-corrected chi connectivity index (χ1v) is 10.5. The molecule has 0 spiro atoms. The summed E-state index contributed by atoms with van der Waals surface area (Å²) in [7, 11) is 0. The van der Waals surface area contributed by atoms with Crippen LogP contribution >= 0.6 is 11.3 Å². The quantitative estimate of drug-likeness (QED) is 0.791. The molecule has 1 saturated heterocycles. The fraction of sp³-hybridized carbons (Fsp3) is 0.550. The average Bonchev–Trinajstić information content (AvgIpc) is 3.11. The zero-order valence-corrected chi connectivity index (χ0v) is 16.9. The maximum atomic E-state index is 12.7. The minimum Gasteiger partial charge on any atom is -0.355 e. The number of thiazole rings is 1. The molecule has 1 atom stereocenters. The molecule has 2 heterocycles. The van der Waals surface area contributed by atoms with Crippen molar-refractivity contribution in [1.29, 1.82) is 0 Å². The Labute approximate surface area is 164 Å². The number of benzene rings is 1. The number of nitrogens with zero attached hydrogens (tertiary/aromatic N) is 3. The van der Waals surface area contributed by atoms with Crippen LogP contribution in [0.15, 0.2) is 24.3 Å². The number of aromatic nitrogens is 1. The topological polar surface area (TPSA) is 65.5 Å². The van der Waals surface area contributed by atoms with E-state index in [0.717, 1.165) is 31.4 Å². The summed E-state index contributed by atoms with van der Waals surface area (Å²) in [6.45, 7) is 7.21. The average molecular weight is 389 g/mol. The van der Waals surface area contributed by atoms with Crippen molar-refractivity contribution in [3.05, 3.63) is 29.3 Å². The second-order valence-corrected chi connectivity index (χ2v) is 8.02. The molecule has 1 aromatic carbocycles. The Bertz CT molecular complexity index is 758. The highest BCUT2D eigenvalue weighted by Crippen LogP contribution is 2.32. The van der Waals surface area contributed by atoms with Crippen molar-refractivity contribution in [2.45, 2.75) is 32.6 Å². The Hall–Kier alpha value is -1.99. The summed E-state index contributed by atoms with van der Waals surface area (Å²) in [5.41, 5.74) is 1.06. The molecule has 6 nitrogen and oxygen atoms in total. The summed E-state index contributed by atoms with van der Waals surface area (Å²) in [6.07, 6.45) is 2.18. The van der Waals surface area contributed by atoms with Crippen LogP contribution in [0.1, 0.15) is 37.6 Å². The number of likely N-dealkylation sites (tertiary alicyclic amines) is 1. The molecule has 2 aromatic rings. The summed E-state index contributed by atoms with van der Waals surface area (Å²) >= 11 is 1.76. The predicted molar refractivity (Wildman–Crippen MR) is 109 cm³/mol. The Morgan fingerprint density at radius 1 is 1.33 bits per heavy atom. The van der Waals surface area contributed by atoms with Crippen LogP contribution < -0.4 is 5.32 Å². The molecule has 0 saturated carbocycles. The maximum Gasteiger partial charge on any atom is 0.239 e. The van der Waals surface area contributed by atoms with E-state index in [-0.39, 0.29) is 18.4 Å². The molecule has 1 aromatic heterocycles. The highest BCUT2D eigenvalue weighted by Gasteiger charge is 2.26. The van der Waals surface area contributed by atoms with Crippen LogP contribution in [0.25, 0.3) is 10.2 Å². The number of carbonyl (C=O) groups excluding carboxylic acids is 2. The maximum absolute atomic E-state index is 12.7. The third-order valence-corrected chi connectivity index (χ3v) is 6.17. The van der Waals surface area contributed by atoms with Gasteiger partial charge in [-0.15, -0.1) is 11.3 Å². The van der Waals surface area contributed by atoms with E-state index in [9.17, 15) is 9.59 Å². The number of hydrogen-bond donors (Lipinski definition) is 1. The van der Waals surface area contributed by atoms with E-state index in [1.807, 2.05) is 26.0 Å². The molecule has 7 heteroatoms. The fourth-order valence-electron chi connectivity index (χ4n) is 3.56. The Morgan fingerprint density at radius 2 is 2.15 bits per heavy atom. The largest absolute Gasteiger partial charge is 0.355 e. The zero-order valence-electron chi connectivity index (χ0n) is 16.1. The molecule has 27 heavy (non-hydrogen) atoms. The number of para-hydroxylation sites is 1. The minimum atomic E-state index is -0.0984. The van der Waals surface area contributed by atoms with Gasteiger partial charge in [0.05, 0.1) is 28.3 Å². The van der Waals surface area contributed by atoms with Crippen LogP contribution in [0, 0.1) is 0 Å². The monoisotopic (exact) mass is 388 g/mol. The van der Waals surface area contributed by atoms with Gasteiger partial charge < -0.3 is 10.2 Å². The number of piperidine rings is 1. The number of rotatable bonds is 7. The molecular formula is C20H28N4O2S. The molecule has 0 bridgehead atoms. The highest BCUT2D eigenvalue weighted by molar-refractivity contribution is 7.18. The summed E-state index contributed by atoms with van der Waals surface area (Å²) < 4.78 is 1.22. The van der Waals surface area contributed by atoms with E-state index >= 15 is 0 Å². The lowest BCUT2D eigenvalue weighted by atomic mass is 9.98. The molecule has 1 aliphatic heterocycles. The highest BCUT2D eigenvalue weighted by atomic mass is 32.1. The number of fused-ring (bicyclic) bond motifs is 1. The van der Waals surface area contributed by atoms with Crippen LogP contribution in [0.2, 0.25) is 0 Å². The van der Waals surface area contributed by atoms with Gasteiger partial charge in [0.15, 0.2) is 0 Å². The van der Waals surface area contributed by atoms with Gasteiger partial charge in [0.25, 0.3) is 0 Å². The first-order valence-electron chi connectivity index (χ1n) is 9.73. The van der Waals surface area contributed by atoms with Gasteiger partial charge in [-0.25, -0.2) is 4.98 Å². The van der Waals surface area contributed by atoms with Gasteiger partial charge in [-0.1, -0.05) is 12.1 Å². The van der Waals surface area contributed by atoms with Gasteiger partial charge in [-0.05, 0) is 45.4 Å². The van der Waals surface area contributed by atoms with Crippen molar-refractivity contribution < 1.29 is 9.59 Å². The Morgan fingerprint density at radius 3 is 2.89 bits per heavy atom. The fourth-order valence-corrected chi connectivity index (χ4v) is 4.65. The number of likely N-dealkylation sites (N-methyl/N-ethyl adjacent to an activating group) is 2. The van der Waals surface area contributed by atoms with Gasteiger partial charge in [-0.2, -0.15) is 0 Å². The van der Waals surface area contributed by atoms with Crippen LogP contribution in [0.3, 0.4) is 0 Å². The Balaban J connectivity index is 1.60. The van der Waals surface area contributed by atoms with Crippen molar-refractivity contribution in [2.75, 3.05) is 39.3 Å². The van der Waals surface area contributed by atoms with Gasteiger partial charge in [0, 0.05) is 25.6 Å². The summed E-state index contributed by atoms with van der Waals surface area (Å²) in [6, 6.07) is 8.23. The summed E-state index contributed by atoms with van der Waals surface area (Å²) in [5, 5.41) is 3.93. The zero-order chi connectivity index (χ0) is 19.2. The molecular weight excluding hydrogens is 360 g/mol. The lowest BCUT2D eigenvalue weighted by molar-refractivity contribution is -0.137. The molecule has 0 radical (unpaired) electrons. The van der Waals surface area contributed by atoms with Crippen molar-refractivity contribution in [3.63, 3.8) is 0 Å². The van der Waals surface area contributed by atoms with E-state index < -0.39 is 0 Å². The molecule has 2 amide bonds. The molecule has 0 unspecified atom stereocenters.